The van der Waals surface area contributed by atoms with E-state index < -0.39 is 0 Å². The molecule has 106 valence electrons. The first-order valence-corrected chi connectivity index (χ1v) is 7.84. The molecule has 0 aromatic carbocycles. The molecule has 3 aromatic heterocycles. The summed E-state index contributed by atoms with van der Waals surface area (Å²) >= 11 is 1.77. The third kappa shape index (κ3) is 2.16. The van der Waals surface area contributed by atoms with Gasteiger partial charge in [-0.05, 0) is 37.0 Å². The maximum absolute atomic E-state index is 5.68. The molecular weight excluding hydrogens is 282 g/mol. The third-order valence-electron chi connectivity index (χ3n) is 3.81. The van der Waals surface area contributed by atoms with E-state index >= 15 is 0 Å². The number of rotatable bonds is 3. The van der Waals surface area contributed by atoms with Crippen molar-refractivity contribution >= 4 is 27.4 Å². The Balaban J connectivity index is 1.81. The van der Waals surface area contributed by atoms with Crippen molar-refractivity contribution in [3.05, 3.63) is 46.4 Å². The number of nitrogens with zero attached hydrogens (tertiary/aromatic N) is 3. The number of nitrogen functional groups attached to an aromatic ring is 1. The second-order valence-corrected chi connectivity index (χ2v) is 6.25. The van der Waals surface area contributed by atoms with Crippen LogP contribution in [-0.4, -0.2) is 15.0 Å². The molecule has 0 fully saturated rings. The molecule has 0 saturated carbocycles. The third-order valence-corrected chi connectivity index (χ3v) is 5.00. The van der Waals surface area contributed by atoms with E-state index in [-0.39, 0.29) is 0 Å². The molecule has 0 spiro atoms. The van der Waals surface area contributed by atoms with Crippen molar-refractivity contribution in [1.82, 2.24) is 15.0 Å². The van der Waals surface area contributed by atoms with Gasteiger partial charge in [-0.1, -0.05) is 6.07 Å². The molecule has 3 aromatic rings. The van der Waals surface area contributed by atoms with Crippen LogP contribution in [-0.2, 0) is 19.3 Å². The predicted molar refractivity (Wildman–Crippen MR) is 84.3 cm³/mol. The fourth-order valence-electron chi connectivity index (χ4n) is 2.89. The normalized spacial score (nSPS) is 13.6. The van der Waals surface area contributed by atoms with Crippen LogP contribution in [0.5, 0.6) is 0 Å². The highest BCUT2D eigenvalue weighted by Gasteiger charge is 2.22. The van der Waals surface area contributed by atoms with Gasteiger partial charge in [-0.3, -0.25) is 4.98 Å². The Labute approximate surface area is 126 Å². The number of hydrogen-bond donors (Lipinski definition) is 2. The molecular formula is C15H15N5S. The summed E-state index contributed by atoms with van der Waals surface area (Å²) in [6.45, 7) is 0. The van der Waals surface area contributed by atoms with Gasteiger partial charge in [0.1, 0.15) is 10.7 Å². The first kappa shape index (κ1) is 12.7. The standard InChI is InChI=1S/C15H15N5S/c16-20-14-13-10-5-3-6-11(10)21-15(13)19-12(18-14)8-9-4-1-2-7-17-9/h1-2,4,7H,3,5-6,8,16H2,(H,18,19,20). The van der Waals surface area contributed by atoms with Crippen LogP contribution in [0.1, 0.15) is 28.4 Å². The lowest BCUT2D eigenvalue weighted by molar-refractivity contribution is 0.915. The van der Waals surface area contributed by atoms with E-state index in [1.165, 1.54) is 16.9 Å². The minimum Gasteiger partial charge on any atom is -0.308 e. The van der Waals surface area contributed by atoms with E-state index in [4.69, 9.17) is 10.8 Å². The predicted octanol–water partition coefficient (Wildman–Crippen LogP) is 2.45. The number of hydrogen-bond acceptors (Lipinski definition) is 6. The number of nitrogens with two attached hydrogens (primary N) is 1. The fraction of sp³-hybridized carbons (Fsp3) is 0.267. The van der Waals surface area contributed by atoms with Crippen molar-refractivity contribution in [3.8, 4) is 0 Å². The van der Waals surface area contributed by atoms with Gasteiger partial charge in [0.05, 0.1) is 11.8 Å². The number of pyridine rings is 1. The maximum Gasteiger partial charge on any atom is 0.152 e. The maximum atomic E-state index is 5.68. The summed E-state index contributed by atoms with van der Waals surface area (Å²) in [6, 6.07) is 5.87. The highest BCUT2D eigenvalue weighted by Crippen LogP contribution is 2.39. The summed E-state index contributed by atoms with van der Waals surface area (Å²) in [5, 5.41) is 1.11. The van der Waals surface area contributed by atoms with Crippen LogP contribution < -0.4 is 11.3 Å². The van der Waals surface area contributed by atoms with E-state index in [0.29, 0.717) is 6.42 Å². The molecule has 1 aliphatic rings. The molecule has 1 aliphatic carbocycles. The zero-order chi connectivity index (χ0) is 14.2. The largest absolute Gasteiger partial charge is 0.308 e. The smallest absolute Gasteiger partial charge is 0.152 e. The van der Waals surface area contributed by atoms with Crippen molar-refractivity contribution in [1.29, 1.82) is 0 Å². The lowest BCUT2D eigenvalue weighted by atomic mass is 10.2. The van der Waals surface area contributed by atoms with Gasteiger partial charge in [0.2, 0.25) is 0 Å². The fourth-order valence-corrected chi connectivity index (χ4v) is 4.17. The van der Waals surface area contributed by atoms with E-state index in [1.807, 2.05) is 18.2 Å². The Morgan fingerprint density at radius 3 is 3.00 bits per heavy atom. The van der Waals surface area contributed by atoms with Crippen LogP contribution in [0.15, 0.2) is 24.4 Å². The lowest BCUT2D eigenvalue weighted by Gasteiger charge is -2.06. The molecule has 0 aliphatic heterocycles. The SMILES string of the molecule is NNc1nc(Cc2ccccn2)nc2sc3c(c12)CCC3. The Bertz CT molecular complexity index is 797. The van der Waals surface area contributed by atoms with E-state index in [2.05, 4.69) is 15.4 Å². The summed E-state index contributed by atoms with van der Waals surface area (Å²) in [7, 11) is 0. The molecule has 0 bridgehead atoms. The van der Waals surface area contributed by atoms with E-state index in [0.717, 1.165) is 40.4 Å². The minimum atomic E-state index is 0.619. The number of fused-ring (bicyclic) bond motifs is 3. The van der Waals surface area contributed by atoms with Gasteiger partial charge in [-0.2, -0.15) is 0 Å². The highest BCUT2D eigenvalue weighted by atomic mass is 32.1. The number of aromatic nitrogens is 3. The summed E-state index contributed by atoms with van der Waals surface area (Å²) in [6.07, 6.45) is 5.88. The first-order valence-electron chi connectivity index (χ1n) is 7.03. The quantitative estimate of drug-likeness (QED) is 0.573. The monoisotopic (exact) mass is 297 g/mol. The molecule has 21 heavy (non-hydrogen) atoms. The van der Waals surface area contributed by atoms with E-state index in [1.54, 1.807) is 17.5 Å². The molecule has 0 amide bonds. The molecule has 3 N–H and O–H groups in total. The zero-order valence-corrected chi connectivity index (χ0v) is 12.3. The Hall–Kier alpha value is -2.05. The molecule has 3 heterocycles. The van der Waals surface area contributed by atoms with Crippen LogP contribution >= 0.6 is 11.3 Å². The van der Waals surface area contributed by atoms with Crippen LogP contribution in [0.4, 0.5) is 5.82 Å². The Morgan fingerprint density at radius 2 is 2.19 bits per heavy atom. The van der Waals surface area contributed by atoms with Gasteiger partial charge in [0, 0.05) is 16.8 Å². The Kier molecular flexibility index (Phi) is 3.05. The topological polar surface area (TPSA) is 76.7 Å². The molecule has 0 unspecified atom stereocenters. The molecule has 0 atom stereocenters. The van der Waals surface area contributed by atoms with Crippen molar-refractivity contribution in [3.63, 3.8) is 0 Å². The van der Waals surface area contributed by atoms with E-state index in [9.17, 15) is 0 Å². The summed E-state index contributed by atoms with van der Waals surface area (Å²) in [5.41, 5.74) is 5.09. The van der Waals surface area contributed by atoms with Crippen molar-refractivity contribution in [2.45, 2.75) is 25.7 Å². The van der Waals surface area contributed by atoms with Crippen molar-refractivity contribution in [2.24, 2.45) is 5.84 Å². The first-order chi connectivity index (χ1) is 10.3. The molecule has 5 nitrogen and oxygen atoms in total. The highest BCUT2D eigenvalue weighted by molar-refractivity contribution is 7.19. The van der Waals surface area contributed by atoms with Crippen molar-refractivity contribution < 1.29 is 0 Å². The van der Waals surface area contributed by atoms with Gasteiger partial charge in [0.25, 0.3) is 0 Å². The molecule has 0 radical (unpaired) electrons. The summed E-state index contributed by atoms with van der Waals surface area (Å²) < 4.78 is 0. The Morgan fingerprint density at radius 1 is 1.24 bits per heavy atom. The second-order valence-electron chi connectivity index (χ2n) is 5.17. The number of anilines is 1. The number of hydrazine groups is 1. The molecule has 4 rings (SSSR count). The number of nitrogens with one attached hydrogen (secondary N) is 1. The van der Waals surface area contributed by atoms with Crippen LogP contribution in [0, 0.1) is 0 Å². The van der Waals surface area contributed by atoms with Crippen LogP contribution in [0.25, 0.3) is 10.2 Å². The van der Waals surface area contributed by atoms with Crippen molar-refractivity contribution in [2.75, 3.05) is 5.43 Å². The molecule has 6 heteroatoms. The van der Waals surface area contributed by atoms with Gasteiger partial charge >= 0.3 is 0 Å². The second kappa shape index (κ2) is 5.05. The minimum absolute atomic E-state index is 0.619. The lowest BCUT2D eigenvalue weighted by Crippen LogP contribution is -2.11. The van der Waals surface area contributed by atoms with Gasteiger partial charge in [-0.15, -0.1) is 11.3 Å². The van der Waals surface area contributed by atoms with Crippen LogP contribution in [0.2, 0.25) is 0 Å². The molecule has 0 saturated heterocycles. The van der Waals surface area contributed by atoms with Gasteiger partial charge in [-0.25, -0.2) is 15.8 Å². The average Bonchev–Trinajstić information content (AvgIpc) is 3.07. The zero-order valence-electron chi connectivity index (χ0n) is 11.5. The average molecular weight is 297 g/mol. The number of aryl methyl sites for hydroxylation is 2. The van der Waals surface area contributed by atoms with Crippen LogP contribution in [0.3, 0.4) is 0 Å². The number of thiophene rings is 1. The van der Waals surface area contributed by atoms with Gasteiger partial charge < -0.3 is 5.43 Å². The summed E-state index contributed by atoms with van der Waals surface area (Å²) in [4.78, 5) is 16.1. The van der Waals surface area contributed by atoms with Gasteiger partial charge in [0.15, 0.2) is 5.82 Å². The summed E-state index contributed by atoms with van der Waals surface area (Å²) in [5.74, 6) is 7.18.